The van der Waals surface area contributed by atoms with E-state index in [4.69, 9.17) is 25.6 Å². The molecule has 2 aromatic carbocycles. The van der Waals surface area contributed by atoms with Gasteiger partial charge in [-0.15, -0.1) is 0 Å². The zero-order valence-electron chi connectivity index (χ0n) is 16.9. The van der Waals surface area contributed by atoms with Crippen LogP contribution in [0.2, 0.25) is 5.02 Å². The summed E-state index contributed by atoms with van der Waals surface area (Å²) in [4.78, 5) is 11.3. The summed E-state index contributed by atoms with van der Waals surface area (Å²) >= 11 is 5.91. The van der Waals surface area contributed by atoms with Gasteiger partial charge in [-0.25, -0.2) is 4.79 Å². The van der Waals surface area contributed by atoms with E-state index in [9.17, 15) is 9.90 Å². The van der Waals surface area contributed by atoms with Crippen LogP contribution >= 0.6 is 11.6 Å². The number of rotatable bonds is 10. The lowest BCUT2D eigenvalue weighted by molar-refractivity contribution is -0.154. The molecule has 1 N–H and O–H groups in total. The second-order valence-electron chi connectivity index (χ2n) is 7.10. The molecular formula is C23H24ClNO5. The molecule has 1 aromatic heterocycles. The van der Waals surface area contributed by atoms with E-state index in [2.05, 4.69) is 5.16 Å². The Hall–Kier alpha value is -2.99. The van der Waals surface area contributed by atoms with Crippen LogP contribution in [0.1, 0.15) is 32.4 Å². The van der Waals surface area contributed by atoms with Crippen molar-refractivity contribution in [1.82, 2.24) is 5.16 Å². The molecule has 30 heavy (non-hydrogen) atoms. The fraction of sp³-hybridized carbons (Fsp3) is 0.304. The van der Waals surface area contributed by atoms with Crippen molar-refractivity contribution in [3.8, 4) is 22.8 Å². The Balaban J connectivity index is 1.46. The summed E-state index contributed by atoms with van der Waals surface area (Å²) in [5, 5.41) is 14.1. The van der Waals surface area contributed by atoms with E-state index in [1.807, 2.05) is 30.3 Å². The van der Waals surface area contributed by atoms with E-state index in [1.54, 1.807) is 38.1 Å². The van der Waals surface area contributed by atoms with E-state index < -0.39 is 11.6 Å². The monoisotopic (exact) mass is 429 g/mol. The number of benzene rings is 2. The highest BCUT2D eigenvalue weighted by Gasteiger charge is 2.33. The van der Waals surface area contributed by atoms with Gasteiger partial charge >= 0.3 is 5.97 Å². The summed E-state index contributed by atoms with van der Waals surface area (Å²) in [5.41, 5.74) is 0.485. The van der Waals surface area contributed by atoms with Crippen LogP contribution in [0, 0.1) is 0 Å². The number of halogens is 1. The summed E-state index contributed by atoms with van der Waals surface area (Å²) < 4.78 is 16.7. The summed E-state index contributed by atoms with van der Waals surface area (Å²) in [6, 6.07) is 16.3. The standard InChI is InChI=1S/C23H24ClNO5/c1-3-23(2,22(26)27)29-19-12-10-18(11-13-19)28-14-4-5-20-15-21(25-30-20)16-6-8-17(24)9-7-16/h6-13,15H,3-5,14H2,1-2H3,(H,26,27). The van der Waals surface area contributed by atoms with Crippen molar-refractivity contribution < 1.29 is 23.9 Å². The molecule has 0 saturated carbocycles. The van der Waals surface area contributed by atoms with Gasteiger partial charge in [0.15, 0.2) is 0 Å². The second kappa shape index (κ2) is 9.67. The van der Waals surface area contributed by atoms with Crippen LogP contribution in [0.25, 0.3) is 11.3 Å². The largest absolute Gasteiger partial charge is 0.494 e. The molecule has 1 heterocycles. The molecule has 3 rings (SSSR count). The second-order valence-corrected chi connectivity index (χ2v) is 7.54. The van der Waals surface area contributed by atoms with E-state index >= 15 is 0 Å². The predicted octanol–water partition coefficient (Wildman–Crippen LogP) is 5.64. The van der Waals surface area contributed by atoms with Crippen molar-refractivity contribution in [3.05, 3.63) is 65.4 Å². The number of aryl methyl sites for hydroxylation is 1. The third kappa shape index (κ3) is 5.54. The molecule has 1 unspecified atom stereocenters. The average molecular weight is 430 g/mol. The SMILES string of the molecule is CCC(C)(Oc1ccc(OCCCc2cc(-c3ccc(Cl)cc3)no2)cc1)C(=O)O. The lowest BCUT2D eigenvalue weighted by atomic mass is 10.0. The van der Waals surface area contributed by atoms with Crippen molar-refractivity contribution in [3.63, 3.8) is 0 Å². The van der Waals surface area contributed by atoms with Crippen LogP contribution in [0.3, 0.4) is 0 Å². The van der Waals surface area contributed by atoms with E-state index in [-0.39, 0.29) is 0 Å². The Bertz CT molecular complexity index is 968. The summed E-state index contributed by atoms with van der Waals surface area (Å²) in [7, 11) is 0. The maximum Gasteiger partial charge on any atom is 0.347 e. The van der Waals surface area contributed by atoms with Gasteiger partial charge in [0, 0.05) is 23.1 Å². The molecule has 158 valence electrons. The number of aliphatic carboxylic acids is 1. The number of carboxylic acid groups (broad SMARTS) is 1. The first kappa shape index (κ1) is 21.7. The van der Waals surface area contributed by atoms with Crippen LogP contribution in [0.4, 0.5) is 0 Å². The lowest BCUT2D eigenvalue weighted by Crippen LogP contribution is -2.40. The Morgan fingerprint density at radius 3 is 2.43 bits per heavy atom. The lowest BCUT2D eigenvalue weighted by Gasteiger charge is -2.24. The molecule has 0 fully saturated rings. The fourth-order valence-corrected chi connectivity index (χ4v) is 2.88. The fourth-order valence-electron chi connectivity index (χ4n) is 2.75. The minimum Gasteiger partial charge on any atom is -0.494 e. The minimum atomic E-state index is -1.25. The zero-order chi connectivity index (χ0) is 21.6. The molecule has 0 aliphatic rings. The number of nitrogens with zero attached hydrogens (tertiary/aromatic N) is 1. The number of hydrogen-bond acceptors (Lipinski definition) is 5. The molecule has 0 spiro atoms. The molecule has 7 heteroatoms. The summed E-state index contributed by atoms with van der Waals surface area (Å²) in [6.45, 7) is 3.85. The minimum absolute atomic E-state index is 0.363. The Morgan fingerprint density at radius 2 is 1.80 bits per heavy atom. The maximum absolute atomic E-state index is 11.3. The van der Waals surface area contributed by atoms with Gasteiger partial charge in [-0.1, -0.05) is 35.8 Å². The molecule has 1 atom stereocenters. The van der Waals surface area contributed by atoms with E-state index in [1.165, 1.54) is 0 Å². The van der Waals surface area contributed by atoms with Crippen LogP contribution in [0.5, 0.6) is 11.5 Å². The Labute approximate surface area is 180 Å². The highest BCUT2D eigenvalue weighted by Crippen LogP contribution is 2.25. The number of carbonyl (C=O) groups is 1. The predicted molar refractivity (Wildman–Crippen MR) is 114 cm³/mol. The zero-order valence-corrected chi connectivity index (χ0v) is 17.7. The first-order valence-electron chi connectivity index (χ1n) is 9.76. The van der Waals surface area contributed by atoms with Crippen LogP contribution in [0.15, 0.2) is 59.1 Å². The van der Waals surface area contributed by atoms with Gasteiger partial charge in [-0.2, -0.15) is 0 Å². The molecule has 0 bridgehead atoms. The number of carboxylic acids is 1. The molecule has 6 nitrogen and oxygen atoms in total. The molecule has 0 amide bonds. The first-order chi connectivity index (χ1) is 14.4. The molecule has 3 aromatic rings. The normalized spacial score (nSPS) is 12.9. The van der Waals surface area contributed by atoms with Gasteiger partial charge in [0.2, 0.25) is 5.60 Å². The Morgan fingerprint density at radius 1 is 1.13 bits per heavy atom. The van der Waals surface area contributed by atoms with Crippen molar-refractivity contribution in [2.75, 3.05) is 6.61 Å². The van der Waals surface area contributed by atoms with Crippen molar-refractivity contribution in [2.45, 2.75) is 38.7 Å². The molecule has 0 saturated heterocycles. The van der Waals surface area contributed by atoms with Gasteiger partial charge in [-0.05, 0) is 56.2 Å². The summed E-state index contributed by atoms with van der Waals surface area (Å²) in [6.07, 6.45) is 1.83. The van der Waals surface area contributed by atoms with Crippen molar-refractivity contribution >= 4 is 17.6 Å². The maximum atomic E-state index is 11.3. The topological polar surface area (TPSA) is 81.8 Å². The van der Waals surface area contributed by atoms with Gasteiger partial charge in [0.25, 0.3) is 0 Å². The van der Waals surface area contributed by atoms with Crippen LogP contribution < -0.4 is 9.47 Å². The molecule has 0 radical (unpaired) electrons. The molecule has 0 aliphatic heterocycles. The van der Waals surface area contributed by atoms with Crippen molar-refractivity contribution in [1.29, 1.82) is 0 Å². The summed E-state index contributed by atoms with van der Waals surface area (Å²) in [5.74, 6) is 0.984. The Kier molecular flexibility index (Phi) is 7.00. The van der Waals surface area contributed by atoms with Crippen LogP contribution in [-0.4, -0.2) is 28.4 Å². The van der Waals surface area contributed by atoms with E-state index in [0.717, 1.165) is 23.4 Å². The van der Waals surface area contributed by atoms with Crippen LogP contribution in [-0.2, 0) is 11.2 Å². The third-order valence-electron chi connectivity index (χ3n) is 4.83. The quantitative estimate of drug-likeness (QED) is 0.420. The van der Waals surface area contributed by atoms with Gasteiger partial charge < -0.3 is 19.1 Å². The van der Waals surface area contributed by atoms with Gasteiger partial charge in [0.1, 0.15) is 23.0 Å². The third-order valence-corrected chi connectivity index (χ3v) is 5.08. The van der Waals surface area contributed by atoms with E-state index in [0.29, 0.717) is 36.0 Å². The van der Waals surface area contributed by atoms with Crippen molar-refractivity contribution in [2.24, 2.45) is 0 Å². The van der Waals surface area contributed by atoms with Gasteiger partial charge in [-0.3, -0.25) is 0 Å². The number of hydrogen-bond donors (Lipinski definition) is 1. The average Bonchev–Trinajstić information content (AvgIpc) is 3.21. The molecular weight excluding hydrogens is 406 g/mol. The highest BCUT2D eigenvalue weighted by molar-refractivity contribution is 6.30. The first-order valence-corrected chi connectivity index (χ1v) is 10.1. The highest BCUT2D eigenvalue weighted by atomic mass is 35.5. The number of aromatic nitrogens is 1. The molecule has 0 aliphatic carbocycles. The van der Waals surface area contributed by atoms with Gasteiger partial charge in [0.05, 0.1) is 6.61 Å². The smallest absolute Gasteiger partial charge is 0.347 e. The number of ether oxygens (including phenoxy) is 2.